The summed E-state index contributed by atoms with van der Waals surface area (Å²) in [5.41, 5.74) is 0. The van der Waals surface area contributed by atoms with E-state index in [1.54, 1.807) is 11.3 Å². The number of hydrogen-bond donors (Lipinski definition) is 0. The monoisotopic (exact) mass is 318 g/mol. The van der Waals surface area contributed by atoms with Crippen LogP contribution in [0.2, 0.25) is 0 Å². The minimum atomic E-state index is 0.350. The van der Waals surface area contributed by atoms with E-state index in [4.69, 9.17) is 9.47 Å². The van der Waals surface area contributed by atoms with Crippen LogP contribution in [0.1, 0.15) is 25.7 Å². The Labute approximate surface area is 135 Å². The van der Waals surface area contributed by atoms with Crippen LogP contribution in [0.4, 0.5) is 0 Å². The second kappa shape index (κ2) is 6.52. The highest BCUT2D eigenvalue weighted by Crippen LogP contribution is 2.32. The maximum absolute atomic E-state index is 6.29. The molecule has 0 spiro atoms. The van der Waals surface area contributed by atoms with Crippen LogP contribution in [0.5, 0.6) is 5.75 Å². The van der Waals surface area contributed by atoms with E-state index in [2.05, 4.69) is 21.3 Å². The zero-order chi connectivity index (χ0) is 14.8. The normalized spacial score (nSPS) is 27.1. The number of fused-ring (bicyclic) bond motifs is 1. The lowest BCUT2D eigenvalue weighted by Crippen LogP contribution is -2.46. The Balaban J connectivity index is 1.36. The lowest BCUT2D eigenvalue weighted by molar-refractivity contribution is -0.000915. The largest absolute Gasteiger partial charge is 0.490 e. The molecular weight excluding hydrogens is 296 g/mol. The molecule has 0 aromatic carbocycles. The van der Waals surface area contributed by atoms with Gasteiger partial charge in [-0.25, -0.2) is 4.98 Å². The smallest absolute Gasteiger partial charge is 0.131 e. The van der Waals surface area contributed by atoms with Gasteiger partial charge < -0.3 is 9.47 Å². The number of nitrogens with zero attached hydrogens (tertiary/aromatic N) is 2. The molecule has 0 radical (unpaired) electrons. The van der Waals surface area contributed by atoms with Crippen molar-refractivity contribution in [2.24, 2.45) is 0 Å². The van der Waals surface area contributed by atoms with Crippen molar-refractivity contribution >= 4 is 21.6 Å². The van der Waals surface area contributed by atoms with E-state index in [-0.39, 0.29) is 0 Å². The van der Waals surface area contributed by atoms with Gasteiger partial charge in [-0.1, -0.05) is 0 Å². The molecule has 3 heterocycles. The molecule has 2 aromatic heterocycles. The van der Waals surface area contributed by atoms with Gasteiger partial charge in [-0.2, -0.15) is 0 Å². The molecule has 1 saturated heterocycles. The Morgan fingerprint density at radius 3 is 2.77 bits per heavy atom. The highest BCUT2D eigenvalue weighted by molar-refractivity contribution is 7.16. The summed E-state index contributed by atoms with van der Waals surface area (Å²) in [5.74, 6) is 1.00. The predicted molar refractivity (Wildman–Crippen MR) is 88.7 cm³/mol. The molecule has 2 fully saturated rings. The Morgan fingerprint density at radius 2 is 1.95 bits per heavy atom. The van der Waals surface area contributed by atoms with Crippen LogP contribution >= 0.6 is 11.3 Å². The summed E-state index contributed by atoms with van der Waals surface area (Å²) in [6, 6.07) is 4.84. The second-order valence-corrected chi connectivity index (χ2v) is 7.04. The molecule has 22 heavy (non-hydrogen) atoms. The third-order valence-electron chi connectivity index (χ3n) is 4.83. The van der Waals surface area contributed by atoms with Crippen molar-refractivity contribution in [2.75, 3.05) is 26.3 Å². The van der Waals surface area contributed by atoms with Gasteiger partial charge in [0.1, 0.15) is 10.6 Å². The summed E-state index contributed by atoms with van der Waals surface area (Å²) in [4.78, 5) is 8.06. The van der Waals surface area contributed by atoms with Crippen LogP contribution in [-0.2, 0) is 4.74 Å². The van der Waals surface area contributed by atoms with Crippen molar-refractivity contribution in [3.8, 4) is 5.75 Å². The van der Waals surface area contributed by atoms with Gasteiger partial charge in [-0.3, -0.25) is 4.90 Å². The Bertz CT molecular complexity index is 616. The Morgan fingerprint density at radius 1 is 1.14 bits per heavy atom. The minimum Gasteiger partial charge on any atom is -0.490 e. The van der Waals surface area contributed by atoms with E-state index < -0.39 is 0 Å². The van der Waals surface area contributed by atoms with Gasteiger partial charge in [-0.05, 0) is 43.2 Å². The first kappa shape index (κ1) is 14.4. The molecule has 0 amide bonds. The first-order valence-electron chi connectivity index (χ1n) is 8.21. The van der Waals surface area contributed by atoms with Crippen molar-refractivity contribution < 1.29 is 9.47 Å². The zero-order valence-electron chi connectivity index (χ0n) is 12.7. The minimum absolute atomic E-state index is 0.350. The van der Waals surface area contributed by atoms with E-state index in [1.165, 1.54) is 12.8 Å². The number of morpholine rings is 1. The van der Waals surface area contributed by atoms with Crippen LogP contribution in [0.15, 0.2) is 23.7 Å². The third kappa shape index (κ3) is 2.98. The van der Waals surface area contributed by atoms with Gasteiger partial charge in [0.2, 0.25) is 0 Å². The summed E-state index contributed by atoms with van der Waals surface area (Å²) in [5, 5.41) is 3.24. The molecule has 118 valence electrons. The molecular formula is C17H22N2O2S. The molecule has 0 N–H and O–H groups in total. The molecule has 1 aliphatic carbocycles. The van der Waals surface area contributed by atoms with E-state index in [9.17, 15) is 0 Å². The van der Waals surface area contributed by atoms with Gasteiger partial charge in [0.25, 0.3) is 0 Å². The number of hydrogen-bond acceptors (Lipinski definition) is 5. The molecule has 1 saturated carbocycles. The Hall–Kier alpha value is -1.17. The first-order valence-corrected chi connectivity index (χ1v) is 9.09. The zero-order valence-corrected chi connectivity index (χ0v) is 13.6. The van der Waals surface area contributed by atoms with Gasteiger partial charge >= 0.3 is 0 Å². The van der Waals surface area contributed by atoms with Crippen LogP contribution in [0.25, 0.3) is 10.2 Å². The number of aromatic nitrogens is 1. The molecule has 5 heteroatoms. The third-order valence-corrected chi connectivity index (χ3v) is 5.65. The number of ether oxygens (including phenoxy) is 2. The average Bonchev–Trinajstić information content (AvgIpc) is 3.06. The van der Waals surface area contributed by atoms with E-state index in [0.717, 1.165) is 61.2 Å². The molecule has 0 unspecified atom stereocenters. The molecule has 4 nitrogen and oxygen atoms in total. The lowest BCUT2D eigenvalue weighted by atomic mass is 9.91. The molecule has 2 aliphatic rings. The Kier molecular flexibility index (Phi) is 4.28. The fraction of sp³-hybridized carbons (Fsp3) is 0.588. The van der Waals surface area contributed by atoms with Crippen LogP contribution in [0.3, 0.4) is 0 Å². The first-order chi connectivity index (χ1) is 10.9. The van der Waals surface area contributed by atoms with E-state index >= 15 is 0 Å². The van der Waals surface area contributed by atoms with Crippen molar-refractivity contribution in [2.45, 2.75) is 37.8 Å². The quantitative estimate of drug-likeness (QED) is 0.869. The van der Waals surface area contributed by atoms with Gasteiger partial charge in [0, 0.05) is 25.3 Å². The van der Waals surface area contributed by atoms with E-state index in [0.29, 0.717) is 6.10 Å². The van der Waals surface area contributed by atoms with Crippen LogP contribution in [0, 0.1) is 0 Å². The molecule has 0 bridgehead atoms. The fourth-order valence-electron chi connectivity index (χ4n) is 3.60. The average molecular weight is 318 g/mol. The summed E-state index contributed by atoms with van der Waals surface area (Å²) in [7, 11) is 0. The summed E-state index contributed by atoms with van der Waals surface area (Å²) in [6.45, 7) is 3.97. The number of pyridine rings is 1. The lowest BCUT2D eigenvalue weighted by Gasteiger charge is -2.38. The summed E-state index contributed by atoms with van der Waals surface area (Å²) in [6.07, 6.45) is 6.98. The van der Waals surface area contributed by atoms with E-state index in [1.807, 2.05) is 12.3 Å². The van der Waals surface area contributed by atoms with Gasteiger partial charge in [0.05, 0.1) is 24.7 Å². The number of thiophene rings is 1. The fourth-order valence-corrected chi connectivity index (χ4v) is 4.35. The molecule has 0 atom stereocenters. The van der Waals surface area contributed by atoms with Crippen LogP contribution in [-0.4, -0.2) is 48.3 Å². The van der Waals surface area contributed by atoms with Crippen molar-refractivity contribution in [3.05, 3.63) is 23.7 Å². The van der Waals surface area contributed by atoms with Gasteiger partial charge in [0.15, 0.2) is 0 Å². The predicted octanol–water partition coefficient (Wildman–Crippen LogP) is 3.32. The van der Waals surface area contributed by atoms with Crippen molar-refractivity contribution in [1.29, 1.82) is 0 Å². The van der Waals surface area contributed by atoms with Crippen molar-refractivity contribution in [3.63, 3.8) is 0 Å². The van der Waals surface area contributed by atoms with Gasteiger partial charge in [-0.15, -0.1) is 11.3 Å². The standard InChI is InChI=1S/C17H22N2O2S/c1-3-14(4-2-13(1)19-8-10-20-11-9-19)21-16-5-7-18-17-15(16)6-12-22-17/h5-7,12-14H,1-4,8-11H2/t13-,14-. The number of rotatable bonds is 3. The maximum atomic E-state index is 6.29. The van der Waals surface area contributed by atoms with Crippen molar-refractivity contribution in [1.82, 2.24) is 9.88 Å². The highest BCUT2D eigenvalue weighted by atomic mass is 32.1. The summed E-state index contributed by atoms with van der Waals surface area (Å²) >= 11 is 1.67. The molecule has 2 aromatic rings. The highest BCUT2D eigenvalue weighted by Gasteiger charge is 2.28. The maximum Gasteiger partial charge on any atom is 0.131 e. The molecule has 4 rings (SSSR count). The van der Waals surface area contributed by atoms with Crippen LogP contribution < -0.4 is 4.74 Å². The topological polar surface area (TPSA) is 34.6 Å². The molecule has 1 aliphatic heterocycles. The SMILES string of the molecule is c1cc(O[C@H]2CC[C@H](N3CCOCC3)CC2)c2ccsc2n1. The second-order valence-electron chi connectivity index (χ2n) is 6.15. The summed E-state index contributed by atoms with van der Waals surface area (Å²) < 4.78 is 11.7.